The number of allylic oxidation sites excluding steroid dienone is 1. The number of nitrogens with zero attached hydrogens (tertiary/aromatic N) is 2. The zero-order chi connectivity index (χ0) is 20.4. The summed E-state index contributed by atoms with van der Waals surface area (Å²) < 4.78 is 41.4. The molecular weight excluding hydrogens is 389 g/mol. The van der Waals surface area contributed by atoms with E-state index in [1.54, 1.807) is 0 Å². The molecule has 12 heteroatoms. The van der Waals surface area contributed by atoms with Crippen molar-refractivity contribution < 1.29 is 42.7 Å². The van der Waals surface area contributed by atoms with Crippen LogP contribution in [0.1, 0.15) is 29.7 Å². The van der Waals surface area contributed by atoms with Crippen LogP contribution in [-0.2, 0) is 27.0 Å². The maximum absolute atomic E-state index is 13.1. The number of aromatic hydroxyl groups is 1. The van der Waals surface area contributed by atoms with Crippen LogP contribution in [-0.4, -0.2) is 36.7 Å². The average Bonchev–Trinajstić information content (AvgIpc) is 2.99. The molecule has 0 radical (unpaired) electrons. The molecule has 0 aliphatic heterocycles. The minimum atomic E-state index is -4.78. The summed E-state index contributed by atoms with van der Waals surface area (Å²) in [6.07, 6.45) is -1.31. The highest BCUT2D eigenvalue weighted by Gasteiger charge is 2.33. The second kappa shape index (κ2) is 8.22. The number of carboxylic acid groups (broad SMARTS) is 1. The highest BCUT2D eigenvalue weighted by Crippen LogP contribution is 2.38. The third-order valence-corrected chi connectivity index (χ3v) is 4.53. The summed E-state index contributed by atoms with van der Waals surface area (Å²) in [7, 11) is -4.78. The molecule has 1 fully saturated rings. The minimum Gasteiger partial charge on any atom is -0.506 e. The molecule has 4 N–H and O–H groups in total. The summed E-state index contributed by atoms with van der Waals surface area (Å²) in [5.74, 6) is -2.53. The Morgan fingerprint density at radius 2 is 2.07 bits per heavy atom. The number of hydrogen-bond acceptors (Lipinski definition) is 6. The predicted molar refractivity (Wildman–Crippen MR) is 88.2 cm³/mol. The normalized spacial score (nSPS) is 18.9. The molecule has 148 valence electrons. The molecule has 1 atom stereocenters. The Balaban J connectivity index is 2.34. The Kier molecular flexibility index (Phi) is 6.42. The van der Waals surface area contributed by atoms with E-state index in [0.717, 1.165) is 0 Å². The van der Waals surface area contributed by atoms with Gasteiger partial charge in [-0.3, -0.25) is 19.3 Å². The lowest BCUT2D eigenvalue weighted by Gasteiger charge is -2.12. The van der Waals surface area contributed by atoms with Crippen LogP contribution in [0.25, 0.3) is 0 Å². The molecule has 1 aromatic rings. The van der Waals surface area contributed by atoms with Gasteiger partial charge in [-0.05, 0) is 13.3 Å². The lowest BCUT2D eigenvalue weighted by Crippen LogP contribution is -2.09. The van der Waals surface area contributed by atoms with Gasteiger partial charge in [-0.2, -0.15) is 8.78 Å². The Labute approximate surface area is 152 Å². The number of hydrogen-bond donors (Lipinski definition) is 4. The molecule has 1 aliphatic carbocycles. The Morgan fingerprint density at radius 3 is 2.63 bits per heavy atom. The van der Waals surface area contributed by atoms with Crippen molar-refractivity contribution in [2.24, 2.45) is 10.9 Å². The van der Waals surface area contributed by atoms with Gasteiger partial charge in [-0.25, -0.2) is 4.57 Å². The van der Waals surface area contributed by atoms with Gasteiger partial charge in [0, 0.05) is 35.0 Å². The molecule has 9 nitrogen and oxygen atoms in total. The first-order valence-corrected chi connectivity index (χ1v) is 9.19. The molecule has 1 saturated carbocycles. The number of carbonyl (C=O) groups is 1. The highest BCUT2D eigenvalue weighted by molar-refractivity contribution is 7.46. The van der Waals surface area contributed by atoms with Crippen LogP contribution in [0.3, 0.4) is 0 Å². The SMILES string of the molecule is Cc1ncc(COP(=O)(O)O)c(CN=C2CC(C(=O)O)CC2=C(F)F)c1O. The second-order valence-electron chi connectivity index (χ2n) is 5.91. The molecule has 1 heterocycles. The van der Waals surface area contributed by atoms with Gasteiger partial charge in [0.2, 0.25) is 0 Å². The monoisotopic (exact) mass is 406 g/mol. The number of aliphatic imine (C=N–C) groups is 1. The van der Waals surface area contributed by atoms with Gasteiger partial charge < -0.3 is 20.0 Å². The Morgan fingerprint density at radius 1 is 1.41 bits per heavy atom. The molecule has 0 spiro atoms. The number of phosphoric ester groups is 1. The zero-order valence-electron chi connectivity index (χ0n) is 14.1. The van der Waals surface area contributed by atoms with Crippen molar-refractivity contribution in [3.05, 3.63) is 34.7 Å². The van der Waals surface area contributed by atoms with E-state index >= 15 is 0 Å². The number of aryl methyl sites for hydroxylation is 1. The van der Waals surface area contributed by atoms with Gasteiger partial charge in [0.05, 0.1) is 24.8 Å². The van der Waals surface area contributed by atoms with Crippen molar-refractivity contribution in [2.75, 3.05) is 0 Å². The molecule has 1 aliphatic rings. The van der Waals surface area contributed by atoms with E-state index in [1.165, 1.54) is 13.1 Å². The summed E-state index contributed by atoms with van der Waals surface area (Å²) in [5, 5.41) is 19.2. The molecule has 0 bridgehead atoms. The van der Waals surface area contributed by atoms with E-state index < -0.39 is 38.0 Å². The Hall–Kier alpha value is -2.20. The van der Waals surface area contributed by atoms with Crippen molar-refractivity contribution >= 4 is 19.5 Å². The fourth-order valence-corrected chi connectivity index (χ4v) is 2.93. The molecule has 1 aromatic heterocycles. The molecule has 0 amide bonds. The standard InChI is InChI=1S/C15H17F2N2O7P/c1-7-13(20)11(9(4-18-7)6-26-27(23,24)25)5-19-12-3-8(15(21)22)2-10(12)14(16)17/h4,8,20H,2-3,5-6H2,1H3,(H,21,22)(H2,23,24,25). The van der Waals surface area contributed by atoms with Crippen molar-refractivity contribution in [2.45, 2.75) is 32.9 Å². The molecule has 1 unspecified atom stereocenters. The Bertz CT molecular complexity index is 862. The van der Waals surface area contributed by atoms with E-state index in [2.05, 4.69) is 14.5 Å². The summed E-state index contributed by atoms with van der Waals surface area (Å²) in [5.41, 5.74) is -0.114. The fourth-order valence-electron chi connectivity index (χ4n) is 2.63. The van der Waals surface area contributed by atoms with E-state index in [4.69, 9.17) is 14.9 Å². The van der Waals surface area contributed by atoms with E-state index in [1.807, 2.05) is 0 Å². The van der Waals surface area contributed by atoms with Gasteiger partial charge >= 0.3 is 13.8 Å². The third-order valence-electron chi connectivity index (χ3n) is 4.06. The van der Waals surface area contributed by atoms with Crippen LogP contribution in [0.15, 0.2) is 22.8 Å². The maximum atomic E-state index is 13.1. The van der Waals surface area contributed by atoms with Crippen LogP contribution in [0.4, 0.5) is 8.78 Å². The first-order valence-electron chi connectivity index (χ1n) is 7.66. The van der Waals surface area contributed by atoms with Crippen LogP contribution in [0.2, 0.25) is 0 Å². The first-order chi connectivity index (χ1) is 12.5. The molecule has 0 aromatic carbocycles. The smallest absolute Gasteiger partial charge is 0.469 e. The topological polar surface area (TPSA) is 150 Å². The molecule has 0 saturated heterocycles. The van der Waals surface area contributed by atoms with Gasteiger partial charge in [0.15, 0.2) is 0 Å². The van der Waals surface area contributed by atoms with Crippen molar-refractivity contribution in [1.82, 2.24) is 4.98 Å². The lowest BCUT2D eigenvalue weighted by atomic mass is 10.1. The van der Waals surface area contributed by atoms with Crippen LogP contribution < -0.4 is 0 Å². The summed E-state index contributed by atoms with van der Waals surface area (Å²) in [6, 6.07) is 0. The van der Waals surface area contributed by atoms with Crippen molar-refractivity contribution in [3.63, 3.8) is 0 Å². The highest BCUT2D eigenvalue weighted by atomic mass is 31.2. The maximum Gasteiger partial charge on any atom is 0.469 e. The summed E-state index contributed by atoms with van der Waals surface area (Å²) >= 11 is 0. The zero-order valence-corrected chi connectivity index (χ0v) is 15.0. The number of phosphoric acid groups is 1. The quantitative estimate of drug-likeness (QED) is 0.526. The van der Waals surface area contributed by atoms with Gasteiger partial charge in [-0.1, -0.05) is 0 Å². The van der Waals surface area contributed by atoms with Crippen molar-refractivity contribution in [1.29, 1.82) is 0 Å². The van der Waals surface area contributed by atoms with Gasteiger partial charge in [0.1, 0.15) is 5.75 Å². The van der Waals surface area contributed by atoms with E-state index in [-0.39, 0.29) is 47.7 Å². The minimum absolute atomic E-state index is 0.0851. The number of pyridine rings is 1. The lowest BCUT2D eigenvalue weighted by molar-refractivity contribution is -0.141. The number of aromatic nitrogens is 1. The van der Waals surface area contributed by atoms with Crippen molar-refractivity contribution in [3.8, 4) is 5.75 Å². The van der Waals surface area contributed by atoms with Gasteiger partial charge in [-0.15, -0.1) is 0 Å². The third kappa shape index (κ3) is 5.39. The number of aliphatic carboxylic acids is 1. The van der Waals surface area contributed by atoms with Crippen LogP contribution in [0, 0.1) is 12.8 Å². The molecular formula is C15H17F2N2O7P. The average molecular weight is 406 g/mol. The molecule has 2 rings (SSSR count). The van der Waals surface area contributed by atoms with E-state index in [0.29, 0.717) is 0 Å². The van der Waals surface area contributed by atoms with Crippen LogP contribution in [0.5, 0.6) is 5.75 Å². The largest absolute Gasteiger partial charge is 0.506 e. The summed E-state index contributed by atoms with van der Waals surface area (Å²) in [4.78, 5) is 36.5. The molecule has 27 heavy (non-hydrogen) atoms. The predicted octanol–water partition coefficient (Wildman–Crippen LogP) is 2.29. The fraction of sp³-hybridized carbons (Fsp3) is 0.400. The number of carboxylic acids is 1. The second-order valence-corrected chi connectivity index (χ2v) is 7.14. The number of halogens is 2. The van der Waals surface area contributed by atoms with Gasteiger partial charge in [0.25, 0.3) is 6.08 Å². The number of rotatable bonds is 6. The van der Waals surface area contributed by atoms with Crippen LogP contribution >= 0.6 is 7.82 Å². The summed E-state index contributed by atoms with van der Waals surface area (Å²) in [6.45, 7) is 0.582. The van der Waals surface area contributed by atoms with E-state index in [9.17, 15) is 23.2 Å². The first kappa shape index (κ1) is 21.1.